The maximum atomic E-state index is 13.9. The van der Waals surface area contributed by atoms with Crippen LogP contribution in [0.25, 0.3) is 0 Å². The van der Waals surface area contributed by atoms with E-state index in [0.717, 1.165) is 36.7 Å². The summed E-state index contributed by atoms with van der Waals surface area (Å²) < 4.78 is 67.0. The van der Waals surface area contributed by atoms with Crippen LogP contribution in [0.3, 0.4) is 0 Å². The molecule has 0 aliphatic carbocycles. The van der Waals surface area contributed by atoms with Crippen molar-refractivity contribution in [2.45, 2.75) is 84.8 Å². The highest BCUT2D eigenvalue weighted by atomic mass is 19.4. The lowest BCUT2D eigenvalue weighted by molar-refractivity contribution is -0.137. The molecule has 1 aliphatic rings. The van der Waals surface area contributed by atoms with Crippen molar-refractivity contribution in [3.63, 3.8) is 0 Å². The number of nitrogens with one attached hydrogen (secondary N) is 1. The first kappa shape index (κ1) is 28.0. The number of hydrogen-bond acceptors (Lipinski definition) is 3. The number of carbonyl (C=O) groups excluding carboxylic acids is 1. The minimum atomic E-state index is -4.65. The molecule has 200 valence electrons. The Bertz CT molecular complexity index is 1120. The molecule has 6 nitrogen and oxygen atoms in total. The van der Waals surface area contributed by atoms with Gasteiger partial charge in [-0.2, -0.15) is 18.2 Å². The van der Waals surface area contributed by atoms with Crippen LogP contribution in [-0.4, -0.2) is 40.7 Å². The third-order valence-electron chi connectivity index (χ3n) is 5.70. The summed E-state index contributed by atoms with van der Waals surface area (Å²) in [6.45, 7) is 9.97. The zero-order valence-electron chi connectivity index (χ0n) is 21.5. The number of aromatic nitrogens is 2. The van der Waals surface area contributed by atoms with E-state index in [0.29, 0.717) is 25.1 Å². The monoisotopic (exact) mass is 513 g/mol. The first-order chi connectivity index (χ1) is 16.6. The summed E-state index contributed by atoms with van der Waals surface area (Å²) in [4.78, 5) is 17.4. The lowest BCUT2D eigenvalue weighted by atomic mass is 9.91. The maximum Gasteiger partial charge on any atom is 0.416 e. The fourth-order valence-electron chi connectivity index (χ4n) is 3.95. The Morgan fingerprint density at radius 1 is 1.17 bits per heavy atom. The Balaban J connectivity index is 1.99. The van der Waals surface area contributed by atoms with Gasteiger partial charge in [0.05, 0.1) is 30.4 Å². The first-order valence-corrected chi connectivity index (χ1v) is 12.1. The molecule has 3 rings (SSSR count). The van der Waals surface area contributed by atoms with Gasteiger partial charge in [-0.3, -0.25) is 9.48 Å². The highest BCUT2D eigenvalue weighted by Crippen LogP contribution is 2.33. The van der Waals surface area contributed by atoms with Crippen LogP contribution >= 0.6 is 0 Å². The number of nitrogens with zero attached hydrogens (tertiary/aromatic N) is 2. The molecule has 10 heteroatoms. The predicted molar refractivity (Wildman–Crippen MR) is 128 cm³/mol. The van der Waals surface area contributed by atoms with Crippen molar-refractivity contribution in [3.05, 3.63) is 46.6 Å². The summed E-state index contributed by atoms with van der Waals surface area (Å²) in [5, 5.41) is 3.26. The van der Waals surface area contributed by atoms with Gasteiger partial charge in [0.25, 0.3) is 5.91 Å². The molecule has 36 heavy (non-hydrogen) atoms. The lowest BCUT2D eigenvalue weighted by Crippen LogP contribution is -2.26. The van der Waals surface area contributed by atoms with Crippen LogP contribution in [0.15, 0.2) is 29.3 Å². The highest BCUT2D eigenvalue weighted by Gasteiger charge is 2.32. The van der Waals surface area contributed by atoms with Crippen LogP contribution < -0.4 is 10.2 Å². The van der Waals surface area contributed by atoms with Gasteiger partial charge in [-0.05, 0) is 56.7 Å². The molecular weight excluding hydrogens is 478 g/mol. The number of amides is 1. The van der Waals surface area contributed by atoms with Crippen LogP contribution in [0.2, 0.25) is 0 Å². The minimum Gasteiger partial charge on any atom is -0.493 e. The standard InChI is InChI=1S/C26H35F4N3O3/c1-24(2,3)15-18-14-22(33(32-18)16-19-7-6-11-35-19)31-23(34)20-13-17(26(28,29)30)8-9-21(20)36-12-10-25(4,5)27/h8-9,13-14,19,32H,6-7,10-12,15-16H2,1-5H3/t19-/m1/s1. The van der Waals surface area contributed by atoms with Gasteiger partial charge < -0.3 is 14.6 Å². The van der Waals surface area contributed by atoms with Crippen molar-refractivity contribution < 1.29 is 31.8 Å². The minimum absolute atomic E-state index is 0.00809. The highest BCUT2D eigenvalue weighted by molar-refractivity contribution is 5.97. The number of hydrogen-bond donors (Lipinski definition) is 1. The van der Waals surface area contributed by atoms with Gasteiger partial charge in [0.2, 0.25) is 0 Å². The van der Waals surface area contributed by atoms with E-state index in [2.05, 4.69) is 30.9 Å². The van der Waals surface area contributed by atoms with Crippen molar-refractivity contribution in [3.8, 4) is 5.75 Å². The number of halogens is 4. The Labute approximate surface area is 208 Å². The summed E-state index contributed by atoms with van der Waals surface area (Å²) in [7, 11) is 0. The molecule has 1 aromatic heterocycles. The molecule has 0 spiro atoms. The van der Waals surface area contributed by atoms with E-state index in [1.807, 2.05) is 0 Å². The zero-order valence-corrected chi connectivity index (χ0v) is 21.5. The second-order valence-corrected chi connectivity index (χ2v) is 11.1. The summed E-state index contributed by atoms with van der Waals surface area (Å²) in [5.74, 6) is -0.949. The number of benzene rings is 1. The number of carbonyl (C=O) groups is 1. The second kappa shape index (κ2) is 10.8. The molecule has 2 heterocycles. The predicted octanol–water partition coefficient (Wildman–Crippen LogP) is 5.86. The Morgan fingerprint density at radius 3 is 2.47 bits per heavy atom. The van der Waals surface area contributed by atoms with E-state index >= 15 is 0 Å². The van der Waals surface area contributed by atoms with Crippen LogP contribution in [0.4, 0.5) is 17.6 Å². The van der Waals surface area contributed by atoms with Crippen molar-refractivity contribution in [2.75, 3.05) is 13.2 Å². The molecule has 1 fully saturated rings. The van der Waals surface area contributed by atoms with Crippen LogP contribution in [0.1, 0.15) is 75.5 Å². The number of alkyl halides is 4. The van der Waals surface area contributed by atoms with E-state index in [9.17, 15) is 22.4 Å². The van der Waals surface area contributed by atoms with E-state index in [4.69, 9.17) is 9.47 Å². The average molecular weight is 514 g/mol. The largest absolute Gasteiger partial charge is 0.493 e. The zero-order chi connectivity index (χ0) is 26.7. The summed E-state index contributed by atoms with van der Waals surface area (Å²) in [6.07, 6.45) is -2.20. The maximum absolute atomic E-state index is 13.9. The molecular formula is C26H35F4N3O3. The van der Waals surface area contributed by atoms with Crippen molar-refractivity contribution in [2.24, 2.45) is 10.4 Å². The van der Waals surface area contributed by atoms with Gasteiger partial charge in [0, 0.05) is 24.8 Å². The third-order valence-corrected chi connectivity index (χ3v) is 5.70. The van der Waals surface area contributed by atoms with Gasteiger partial charge in [-0.25, -0.2) is 4.39 Å². The number of rotatable bonds is 8. The van der Waals surface area contributed by atoms with Crippen molar-refractivity contribution in [1.82, 2.24) is 9.78 Å². The lowest BCUT2D eigenvalue weighted by Gasteiger charge is -2.16. The summed E-state index contributed by atoms with van der Waals surface area (Å²) >= 11 is 0. The van der Waals surface area contributed by atoms with Gasteiger partial charge in [0.15, 0.2) is 5.49 Å². The Morgan fingerprint density at radius 2 is 1.89 bits per heavy atom. The van der Waals surface area contributed by atoms with E-state index in [1.54, 1.807) is 10.7 Å². The van der Waals surface area contributed by atoms with Crippen molar-refractivity contribution >= 4 is 5.91 Å². The van der Waals surface area contributed by atoms with Crippen LogP contribution in [0, 0.1) is 5.41 Å². The number of aromatic amines is 1. The molecule has 0 saturated carbocycles. The van der Waals surface area contributed by atoms with E-state index in [-0.39, 0.29) is 35.9 Å². The Hall–Kier alpha value is -2.62. The van der Waals surface area contributed by atoms with Gasteiger partial charge in [-0.1, -0.05) is 20.8 Å². The van der Waals surface area contributed by atoms with E-state index in [1.165, 1.54) is 13.8 Å². The molecule has 1 aromatic carbocycles. The van der Waals surface area contributed by atoms with Crippen LogP contribution in [-0.2, 0) is 23.9 Å². The number of ether oxygens (including phenoxy) is 2. The molecule has 0 bridgehead atoms. The first-order valence-electron chi connectivity index (χ1n) is 12.1. The number of H-pyrrole nitrogens is 1. The van der Waals surface area contributed by atoms with Gasteiger partial charge >= 0.3 is 6.18 Å². The van der Waals surface area contributed by atoms with Crippen molar-refractivity contribution in [1.29, 1.82) is 0 Å². The summed E-state index contributed by atoms with van der Waals surface area (Å²) in [6, 6.07) is 4.38. The van der Waals surface area contributed by atoms with Gasteiger partial charge in [-0.15, -0.1) is 0 Å². The molecule has 1 aliphatic heterocycles. The Kier molecular flexibility index (Phi) is 8.37. The van der Waals surface area contributed by atoms with Crippen LogP contribution in [0.5, 0.6) is 5.75 Å². The van der Waals surface area contributed by atoms with E-state index < -0.39 is 23.3 Å². The summed E-state index contributed by atoms with van der Waals surface area (Å²) in [5.41, 5.74) is -1.75. The molecule has 1 amide bonds. The molecule has 2 aromatic rings. The topological polar surface area (TPSA) is 68.6 Å². The molecule has 0 unspecified atom stereocenters. The normalized spacial score (nSPS) is 17.6. The molecule has 1 saturated heterocycles. The second-order valence-electron chi connectivity index (χ2n) is 11.1. The quantitative estimate of drug-likeness (QED) is 0.450. The SMILES string of the molecule is CC(C)(C)Cc1cc(=NC(=O)c2cc(C(F)(F)F)ccc2OCCC(C)(C)F)n(C[C@H]2CCCO2)[nH]1. The molecule has 1 N–H and O–H groups in total. The fourth-order valence-corrected chi connectivity index (χ4v) is 3.95. The fraction of sp³-hybridized carbons (Fsp3) is 0.615. The van der Waals surface area contributed by atoms with Gasteiger partial charge in [0.1, 0.15) is 11.4 Å². The average Bonchev–Trinajstić information content (AvgIpc) is 3.35. The molecule has 0 radical (unpaired) electrons. The smallest absolute Gasteiger partial charge is 0.416 e. The third kappa shape index (κ3) is 8.21. The molecule has 1 atom stereocenters.